The van der Waals surface area contributed by atoms with E-state index in [9.17, 15) is 4.79 Å². The number of nitrogens with zero attached hydrogens (tertiary/aromatic N) is 2. The van der Waals surface area contributed by atoms with Crippen LogP contribution in [0.3, 0.4) is 0 Å². The molecule has 3 aromatic rings. The topological polar surface area (TPSA) is 117 Å². The summed E-state index contributed by atoms with van der Waals surface area (Å²) in [6.07, 6.45) is 9.44. The van der Waals surface area contributed by atoms with Crippen LogP contribution in [0.25, 0.3) is 10.2 Å². The molecule has 1 aromatic carbocycles. The van der Waals surface area contributed by atoms with E-state index < -0.39 is 0 Å². The average molecular weight is 423 g/mol. The van der Waals surface area contributed by atoms with Crippen LogP contribution < -0.4 is 16.4 Å². The van der Waals surface area contributed by atoms with Gasteiger partial charge in [-0.3, -0.25) is 4.79 Å². The SMILES string of the molecule is CC1CCc2c(sc3ncnc(Nc4ccc(N)c(C=N)c4)c23)C1.O=CNC1CC1. The maximum Gasteiger partial charge on any atom is 0.207 e. The largest absolute Gasteiger partial charge is 0.398 e. The molecule has 156 valence electrons. The molecular formula is C22H26N6OS. The van der Waals surface area contributed by atoms with Gasteiger partial charge in [0.05, 0.1) is 5.39 Å². The molecule has 8 heteroatoms. The van der Waals surface area contributed by atoms with E-state index in [1.54, 1.807) is 17.7 Å². The van der Waals surface area contributed by atoms with Crippen LogP contribution in [0.1, 0.15) is 42.2 Å². The fourth-order valence-electron chi connectivity index (χ4n) is 3.63. The molecule has 1 unspecified atom stereocenters. The molecule has 0 saturated heterocycles. The summed E-state index contributed by atoms with van der Waals surface area (Å²) >= 11 is 1.79. The Bertz CT molecular complexity index is 1070. The van der Waals surface area contributed by atoms with E-state index in [0.29, 0.717) is 17.3 Å². The zero-order valence-corrected chi connectivity index (χ0v) is 17.8. The number of thiophene rings is 1. The second kappa shape index (κ2) is 8.79. The first kappa shape index (κ1) is 20.3. The molecule has 7 nitrogen and oxygen atoms in total. The van der Waals surface area contributed by atoms with Crippen molar-refractivity contribution in [3.05, 3.63) is 40.5 Å². The van der Waals surface area contributed by atoms with Gasteiger partial charge in [-0.25, -0.2) is 9.97 Å². The molecule has 5 rings (SSSR count). The third-order valence-corrected chi connectivity index (χ3v) is 6.64. The van der Waals surface area contributed by atoms with Gasteiger partial charge in [0.25, 0.3) is 0 Å². The molecule has 1 fully saturated rings. The van der Waals surface area contributed by atoms with Crippen molar-refractivity contribution in [3.8, 4) is 0 Å². The van der Waals surface area contributed by atoms with Gasteiger partial charge in [-0.15, -0.1) is 11.3 Å². The van der Waals surface area contributed by atoms with Crippen molar-refractivity contribution < 1.29 is 4.79 Å². The Morgan fingerprint density at radius 3 is 2.80 bits per heavy atom. The first-order valence-electron chi connectivity index (χ1n) is 10.2. The number of anilines is 3. The number of carbonyl (C=O) groups is 1. The minimum absolute atomic E-state index is 0.530. The normalized spacial score (nSPS) is 17.4. The highest BCUT2D eigenvalue weighted by molar-refractivity contribution is 7.19. The van der Waals surface area contributed by atoms with E-state index in [1.165, 1.54) is 35.9 Å². The Morgan fingerprint density at radius 2 is 2.10 bits per heavy atom. The first-order valence-corrected chi connectivity index (χ1v) is 11.0. The molecular weight excluding hydrogens is 396 g/mol. The summed E-state index contributed by atoms with van der Waals surface area (Å²) in [6, 6.07) is 6.13. The number of nitrogen functional groups attached to an aromatic ring is 1. The quantitative estimate of drug-likeness (QED) is 0.281. The molecule has 1 atom stereocenters. The van der Waals surface area contributed by atoms with Gasteiger partial charge in [0.15, 0.2) is 0 Å². The van der Waals surface area contributed by atoms with Crippen molar-refractivity contribution in [2.45, 2.75) is 45.1 Å². The summed E-state index contributed by atoms with van der Waals surface area (Å²) in [5.74, 6) is 1.58. The van der Waals surface area contributed by atoms with Gasteiger partial charge >= 0.3 is 0 Å². The van der Waals surface area contributed by atoms with Crippen LogP contribution in [-0.4, -0.2) is 28.6 Å². The van der Waals surface area contributed by atoms with Gasteiger partial charge in [-0.1, -0.05) is 6.92 Å². The second-order valence-electron chi connectivity index (χ2n) is 7.93. The number of nitrogens with one attached hydrogen (secondary N) is 3. The molecule has 5 N–H and O–H groups in total. The first-order chi connectivity index (χ1) is 14.6. The predicted molar refractivity (Wildman–Crippen MR) is 123 cm³/mol. The van der Waals surface area contributed by atoms with Crippen LogP contribution in [0.4, 0.5) is 17.2 Å². The summed E-state index contributed by atoms with van der Waals surface area (Å²) in [5.41, 5.74) is 9.45. The van der Waals surface area contributed by atoms with E-state index in [-0.39, 0.29) is 0 Å². The molecule has 0 radical (unpaired) electrons. The average Bonchev–Trinajstić information content (AvgIpc) is 3.48. The van der Waals surface area contributed by atoms with Gasteiger partial charge in [-0.2, -0.15) is 0 Å². The van der Waals surface area contributed by atoms with Crippen molar-refractivity contribution in [3.63, 3.8) is 0 Å². The Balaban J connectivity index is 0.000000313. The van der Waals surface area contributed by atoms with Crippen LogP contribution >= 0.6 is 11.3 Å². The maximum absolute atomic E-state index is 9.54. The highest BCUT2D eigenvalue weighted by Crippen LogP contribution is 2.40. The van der Waals surface area contributed by atoms with Crippen molar-refractivity contribution in [2.24, 2.45) is 5.92 Å². The number of aryl methyl sites for hydroxylation is 1. The molecule has 2 aliphatic carbocycles. The molecule has 0 bridgehead atoms. The van der Waals surface area contributed by atoms with Crippen molar-refractivity contribution in [1.82, 2.24) is 15.3 Å². The molecule has 2 heterocycles. The van der Waals surface area contributed by atoms with E-state index >= 15 is 0 Å². The number of nitrogens with two attached hydrogens (primary N) is 1. The zero-order chi connectivity index (χ0) is 21.1. The van der Waals surface area contributed by atoms with Gasteiger partial charge in [0, 0.05) is 34.1 Å². The van der Waals surface area contributed by atoms with Crippen molar-refractivity contribution in [1.29, 1.82) is 5.41 Å². The van der Waals surface area contributed by atoms with Crippen molar-refractivity contribution in [2.75, 3.05) is 11.1 Å². The monoisotopic (exact) mass is 422 g/mol. The number of fused-ring (bicyclic) bond motifs is 3. The minimum Gasteiger partial charge on any atom is -0.398 e. The fraction of sp³-hybridized carbons (Fsp3) is 0.364. The number of amides is 1. The maximum atomic E-state index is 9.54. The summed E-state index contributed by atoms with van der Waals surface area (Å²) < 4.78 is 0. The number of hydrogen-bond donors (Lipinski definition) is 4. The standard InChI is InChI=1S/C18H19N5S.C4H7NO/c1-10-2-4-13-15(6-10)24-18-16(13)17(21-9-22-18)23-12-3-5-14(20)11(7-12)8-19;6-3-5-4-1-2-4/h3,5,7-10,19H,2,4,6,20H2,1H3,(H,21,22,23);3-4H,1-2H2,(H,5,6). The zero-order valence-electron chi connectivity index (χ0n) is 16.9. The summed E-state index contributed by atoms with van der Waals surface area (Å²) in [6.45, 7) is 2.31. The molecule has 1 amide bonds. The molecule has 2 aromatic heterocycles. The van der Waals surface area contributed by atoms with E-state index in [0.717, 1.165) is 46.9 Å². The van der Waals surface area contributed by atoms with Crippen molar-refractivity contribution >= 4 is 51.4 Å². The lowest BCUT2D eigenvalue weighted by Gasteiger charge is -2.18. The third-order valence-electron chi connectivity index (χ3n) is 5.48. The Morgan fingerprint density at radius 1 is 1.27 bits per heavy atom. The fourth-order valence-corrected chi connectivity index (χ4v) is 4.98. The lowest BCUT2D eigenvalue weighted by molar-refractivity contribution is -0.109. The van der Waals surface area contributed by atoms with E-state index in [2.05, 4.69) is 27.5 Å². The Labute approximate surface area is 179 Å². The number of hydrogen-bond acceptors (Lipinski definition) is 7. The second-order valence-corrected chi connectivity index (χ2v) is 9.01. The van der Waals surface area contributed by atoms with Crippen LogP contribution in [0.2, 0.25) is 0 Å². The van der Waals surface area contributed by atoms with E-state index in [4.69, 9.17) is 11.1 Å². The number of rotatable bonds is 5. The summed E-state index contributed by atoms with van der Waals surface area (Å²) in [4.78, 5) is 21.0. The Kier molecular flexibility index (Phi) is 5.94. The number of aromatic nitrogens is 2. The molecule has 1 saturated carbocycles. The predicted octanol–water partition coefficient (Wildman–Crippen LogP) is 4.03. The molecule has 0 spiro atoms. The highest BCUT2D eigenvalue weighted by atomic mass is 32.1. The molecule has 0 aliphatic heterocycles. The number of carbonyl (C=O) groups excluding carboxylic acids is 1. The molecule has 2 aliphatic rings. The van der Waals surface area contributed by atoms with Gasteiger partial charge in [-0.05, 0) is 61.8 Å². The summed E-state index contributed by atoms with van der Waals surface area (Å²) in [5, 5.41) is 14.6. The van der Waals surface area contributed by atoms with E-state index in [1.807, 2.05) is 18.2 Å². The molecule has 30 heavy (non-hydrogen) atoms. The highest BCUT2D eigenvalue weighted by Gasteiger charge is 2.23. The van der Waals surface area contributed by atoms with Crippen LogP contribution in [0.15, 0.2) is 24.5 Å². The smallest absolute Gasteiger partial charge is 0.207 e. The lowest BCUT2D eigenvalue weighted by Crippen LogP contribution is -2.11. The lowest BCUT2D eigenvalue weighted by atomic mass is 9.89. The van der Waals surface area contributed by atoms with Crippen LogP contribution in [-0.2, 0) is 17.6 Å². The third kappa shape index (κ3) is 4.43. The summed E-state index contributed by atoms with van der Waals surface area (Å²) in [7, 11) is 0. The minimum atomic E-state index is 0.530. The van der Waals surface area contributed by atoms with Crippen LogP contribution in [0.5, 0.6) is 0 Å². The van der Waals surface area contributed by atoms with Gasteiger partial charge in [0.1, 0.15) is 17.0 Å². The van der Waals surface area contributed by atoms with Gasteiger partial charge < -0.3 is 21.8 Å². The van der Waals surface area contributed by atoms with Gasteiger partial charge in [0.2, 0.25) is 6.41 Å². The number of benzene rings is 1. The Hall–Kier alpha value is -3.00. The van der Waals surface area contributed by atoms with Crippen LogP contribution in [0, 0.1) is 11.3 Å².